The fraction of sp³-hybridized carbons (Fsp3) is 0.400. The summed E-state index contributed by atoms with van der Waals surface area (Å²) >= 11 is 0. The van der Waals surface area contributed by atoms with Gasteiger partial charge >= 0.3 is 5.97 Å². The van der Waals surface area contributed by atoms with Crippen molar-refractivity contribution in [3.63, 3.8) is 0 Å². The normalized spacial score (nSPS) is 8.22. The molecular weight excluding hydrogens is 127 g/mol. The zero-order valence-electron chi connectivity index (χ0n) is 5.02. The van der Waals surface area contributed by atoms with E-state index in [-0.39, 0.29) is 5.76 Å². The molecule has 0 radical (unpaired) electrons. The lowest BCUT2D eigenvalue weighted by molar-refractivity contribution is -0.140. The molecule has 4 heteroatoms. The summed E-state index contributed by atoms with van der Waals surface area (Å²) in [6.07, 6.45) is 0. The molecule has 0 aromatic carbocycles. The van der Waals surface area contributed by atoms with Gasteiger partial charge in [0, 0.05) is 0 Å². The minimum absolute atomic E-state index is 0.319. The number of rotatable bonds is 3. The van der Waals surface area contributed by atoms with E-state index >= 15 is 0 Å². The summed E-state index contributed by atoms with van der Waals surface area (Å²) in [5, 5.41) is 0. The molecule has 0 aliphatic heterocycles. The summed E-state index contributed by atoms with van der Waals surface area (Å²) < 4.78 is 19.4. The van der Waals surface area contributed by atoms with Gasteiger partial charge in [0.1, 0.15) is 0 Å². The largest absolute Gasteiger partial charge is 0.463 e. The monoisotopic (exact) mass is 134 g/mol. The van der Waals surface area contributed by atoms with Crippen LogP contribution in [0, 0.1) is 0 Å². The van der Waals surface area contributed by atoms with Crippen LogP contribution in [-0.4, -0.2) is 19.9 Å². The SMILES string of the molecule is C=C(OCF)C(=O)OC. The first-order valence-corrected chi connectivity index (χ1v) is 2.18. The molecule has 0 amide bonds. The van der Waals surface area contributed by atoms with Crippen LogP contribution in [0.2, 0.25) is 0 Å². The van der Waals surface area contributed by atoms with Crippen molar-refractivity contribution in [3.05, 3.63) is 12.3 Å². The Morgan fingerprint density at radius 2 is 2.33 bits per heavy atom. The van der Waals surface area contributed by atoms with E-state index in [0.717, 1.165) is 7.11 Å². The van der Waals surface area contributed by atoms with E-state index in [9.17, 15) is 9.18 Å². The van der Waals surface area contributed by atoms with Crippen molar-refractivity contribution in [2.75, 3.05) is 14.0 Å². The molecule has 0 atom stereocenters. The van der Waals surface area contributed by atoms with Crippen molar-refractivity contribution in [3.8, 4) is 0 Å². The number of hydrogen-bond acceptors (Lipinski definition) is 3. The smallest absolute Gasteiger partial charge is 0.372 e. The summed E-state index contributed by atoms with van der Waals surface area (Å²) in [6.45, 7) is 2.02. The van der Waals surface area contributed by atoms with Crippen LogP contribution in [0.3, 0.4) is 0 Å². The molecule has 0 saturated carbocycles. The van der Waals surface area contributed by atoms with E-state index < -0.39 is 12.8 Å². The van der Waals surface area contributed by atoms with Gasteiger partial charge in [-0.15, -0.1) is 0 Å². The fourth-order valence-electron chi connectivity index (χ4n) is 0.239. The molecule has 0 unspecified atom stereocenters. The summed E-state index contributed by atoms with van der Waals surface area (Å²) in [7, 11) is 1.16. The van der Waals surface area contributed by atoms with Gasteiger partial charge in [0.15, 0.2) is 0 Å². The standard InChI is InChI=1S/C5H7FO3/c1-4(9-3-6)5(7)8-2/h1,3H2,2H3. The van der Waals surface area contributed by atoms with Gasteiger partial charge in [-0.25, -0.2) is 9.18 Å². The van der Waals surface area contributed by atoms with Gasteiger partial charge in [0.05, 0.1) is 7.11 Å². The van der Waals surface area contributed by atoms with Crippen molar-refractivity contribution in [1.82, 2.24) is 0 Å². The second-order valence-corrected chi connectivity index (χ2v) is 1.17. The van der Waals surface area contributed by atoms with Crippen LogP contribution < -0.4 is 0 Å². The minimum Gasteiger partial charge on any atom is -0.463 e. The maximum atomic E-state index is 11.2. The average molecular weight is 134 g/mol. The summed E-state index contributed by atoms with van der Waals surface area (Å²) in [5.41, 5.74) is 0. The van der Waals surface area contributed by atoms with Gasteiger partial charge in [-0.1, -0.05) is 0 Å². The highest BCUT2D eigenvalue weighted by molar-refractivity contribution is 5.85. The zero-order valence-corrected chi connectivity index (χ0v) is 5.02. The summed E-state index contributed by atoms with van der Waals surface area (Å²) in [5.74, 6) is -1.08. The molecular formula is C5H7FO3. The predicted molar refractivity (Wildman–Crippen MR) is 28.2 cm³/mol. The van der Waals surface area contributed by atoms with Crippen LogP contribution in [0.15, 0.2) is 12.3 Å². The molecule has 0 rings (SSSR count). The number of carbonyl (C=O) groups is 1. The molecule has 0 spiro atoms. The van der Waals surface area contributed by atoms with Crippen LogP contribution in [0.4, 0.5) is 4.39 Å². The molecule has 0 heterocycles. The van der Waals surface area contributed by atoms with Crippen molar-refractivity contribution in [2.45, 2.75) is 0 Å². The second-order valence-electron chi connectivity index (χ2n) is 1.17. The third kappa shape index (κ3) is 2.69. The highest BCUT2D eigenvalue weighted by atomic mass is 19.1. The van der Waals surface area contributed by atoms with Crippen molar-refractivity contribution < 1.29 is 18.7 Å². The maximum absolute atomic E-state index is 11.2. The topological polar surface area (TPSA) is 35.5 Å². The van der Waals surface area contributed by atoms with E-state index in [0.29, 0.717) is 0 Å². The summed E-state index contributed by atoms with van der Waals surface area (Å²) in [4.78, 5) is 10.3. The quantitative estimate of drug-likeness (QED) is 0.322. The first-order valence-electron chi connectivity index (χ1n) is 2.18. The van der Waals surface area contributed by atoms with Crippen LogP contribution >= 0.6 is 0 Å². The predicted octanol–water partition coefficient (Wildman–Crippen LogP) is 0.617. The van der Waals surface area contributed by atoms with E-state index in [1.807, 2.05) is 0 Å². The van der Waals surface area contributed by atoms with Crippen molar-refractivity contribution >= 4 is 5.97 Å². The van der Waals surface area contributed by atoms with E-state index in [1.165, 1.54) is 0 Å². The molecule has 0 aromatic heterocycles. The number of carbonyl (C=O) groups excluding carboxylic acids is 1. The third-order valence-corrected chi connectivity index (χ3v) is 0.642. The number of methoxy groups -OCH3 is 1. The molecule has 3 nitrogen and oxygen atoms in total. The minimum atomic E-state index is -1.06. The Morgan fingerprint density at radius 1 is 1.78 bits per heavy atom. The first kappa shape index (κ1) is 7.94. The Kier molecular flexibility index (Phi) is 3.43. The van der Waals surface area contributed by atoms with E-state index in [2.05, 4.69) is 16.1 Å². The van der Waals surface area contributed by atoms with Crippen LogP contribution in [0.1, 0.15) is 0 Å². The highest BCUT2D eigenvalue weighted by Crippen LogP contribution is 1.94. The third-order valence-electron chi connectivity index (χ3n) is 0.642. The van der Waals surface area contributed by atoms with E-state index in [1.54, 1.807) is 0 Å². The van der Waals surface area contributed by atoms with Gasteiger partial charge < -0.3 is 9.47 Å². The highest BCUT2D eigenvalue weighted by Gasteiger charge is 2.05. The van der Waals surface area contributed by atoms with Gasteiger partial charge in [-0.3, -0.25) is 0 Å². The lowest BCUT2D eigenvalue weighted by atomic mass is 10.6. The second kappa shape index (κ2) is 3.88. The Labute approximate surface area is 52.1 Å². The Morgan fingerprint density at radius 3 is 2.67 bits per heavy atom. The fourth-order valence-corrected chi connectivity index (χ4v) is 0.239. The summed E-state index contributed by atoms with van der Waals surface area (Å²) in [6, 6.07) is 0. The number of esters is 1. The molecule has 0 N–H and O–H groups in total. The number of halogens is 1. The van der Waals surface area contributed by atoms with Crippen LogP contribution in [0.25, 0.3) is 0 Å². The van der Waals surface area contributed by atoms with Crippen LogP contribution in [0.5, 0.6) is 0 Å². The molecule has 0 fully saturated rings. The molecule has 0 bridgehead atoms. The molecule has 0 saturated heterocycles. The Bertz CT molecular complexity index is 121. The number of hydrogen-bond donors (Lipinski definition) is 0. The lowest BCUT2D eigenvalue weighted by Gasteiger charge is -2.00. The number of ether oxygens (including phenoxy) is 2. The van der Waals surface area contributed by atoms with Crippen molar-refractivity contribution in [2.24, 2.45) is 0 Å². The van der Waals surface area contributed by atoms with Gasteiger partial charge in [0.2, 0.25) is 12.6 Å². The zero-order chi connectivity index (χ0) is 7.28. The first-order chi connectivity index (χ1) is 4.22. The van der Waals surface area contributed by atoms with Gasteiger partial charge in [-0.05, 0) is 6.58 Å². The molecule has 9 heavy (non-hydrogen) atoms. The van der Waals surface area contributed by atoms with Crippen molar-refractivity contribution in [1.29, 1.82) is 0 Å². The van der Waals surface area contributed by atoms with E-state index in [4.69, 9.17) is 0 Å². The maximum Gasteiger partial charge on any atom is 0.372 e. The molecule has 0 aliphatic rings. The average Bonchev–Trinajstić information content (AvgIpc) is 1.87. The molecule has 52 valence electrons. The van der Waals surface area contributed by atoms with Gasteiger partial charge in [0.25, 0.3) is 0 Å². The number of alkyl halides is 1. The van der Waals surface area contributed by atoms with Crippen LogP contribution in [-0.2, 0) is 14.3 Å². The molecule has 0 aromatic rings. The Balaban J connectivity index is 3.60. The molecule has 0 aliphatic carbocycles. The van der Waals surface area contributed by atoms with Gasteiger partial charge in [-0.2, -0.15) is 0 Å². The lowest BCUT2D eigenvalue weighted by Crippen LogP contribution is -2.05. The Hall–Kier alpha value is -1.06.